The van der Waals surface area contributed by atoms with Gasteiger partial charge in [-0.25, -0.2) is 0 Å². The van der Waals surface area contributed by atoms with Gasteiger partial charge in [-0.3, -0.25) is 4.79 Å². The first-order chi connectivity index (χ1) is 10.1. The minimum atomic E-state index is -0.676. The highest BCUT2D eigenvalue weighted by atomic mass is 16.5. The minimum Gasteiger partial charge on any atom is -0.481 e. The fourth-order valence-corrected chi connectivity index (χ4v) is 3.28. The van der Waals surface area contributed by atoms with E-state index >= 15 is 0 Å². The van der Waals surface area contributed by atoms with Gasteiger partial charge in [0.2, 0.25) is 0 Å². The zero-order valence-corrected chi connectivity index (χ0v) is 13.1. The Hall–Kier alpha value is -1.35. The summed E-state index contributed by atoms with van der Waals surface area (Å²) in [5, 5.41) is 9.77. The molecule has 0 saturated carbocycles. The van der Waals surface area contributed by atoms with Gasteiger partial charge in [-0.05, 0) is 36.8 Å². The third-order valence-electron chi connectivity index (χ3n) is 4.81. The molecular weight excluding hydrogens is 264 g/mol. The molecule has 0 fully saturated rings. The van der Waals surface area contributed by atoms with Gasteiger partial charge in [-0.2, -0.15) is 0 Å². The van der Waals surface area contributed by atoms with Crippen LogP contribution in [-0.4, -0.2) is 17.7 Å². The van der Waals surface area contributed by atoms with Crippen LogP contribution in [0, 0.1) is 5.41 Å². The van der Waals surface area contributed by atoms with Gasteiger partial charge in [0.15, 0.2) is 0 Å². The molecule has 2 atom stereocenters. The Morgan fingerprint density at radius 1 is 1.38 bits per heavy atom. The molecule has 116 valence electrons. The predicted molar refractivity (Wildman–Crippen MR) is 83.3 cm³/mol. The Morgan fingerprint density at radius 2 is 2.14 bits per heavy atom. The summed E-state index contributed by atoms with van der Waals surface area (Å²) in [5.41, 5.74) is 1.82. The van der Waals surface area contributed by atoms with Crippen molar-refractivity contribution in [2.45, 2.75) is 58.5 Å². The molecule has 2 unspecified atom stereocenters. The molecule has 0 bridgehead atoms. The van der Waals surface area contributed by atoms with E-state index in [2.05, 4.69) is 19.1 Å². The molecule has 1 aliphatic rings. The molecular formula is C18H26O3. The molecule has 0 aromatic heterocycles. The normalized spacial score (nSPS) is 20.6. The Balaban J connectivity index is 2.23. The molecule has 21 heavy (non-hydrogen) atoms. The Bertz CT molecular complexity index is 483. The Labute approximate surface area is 127 Å². The van der Waals surface area contributed by atoms with Gasteiger partial charge in [0.1, 0.15) is 0 Å². The number of benzene rings is 1. The lowest BCUT2D eigenvalue weighted by Gasteiger charge is -2.35. The number of carbonyl (C=O) groups is 1. The number of unbranched alkanes of at least 4 members (excludes halogenated alkanes) is 1. The van der Waals surface area contributed by atoms with Crippen molar-refractivity contribution in [1.82, 2.24) is 0 Å². The molecule has 3 nitrogen and oxygen atoms in total. The molecule has 3 heteroatoms. The number of hydrogen-bond donors (Lipinski definition) is 1. The second-order valence-electron chi connectivity index (χ2n) is 6.05. The topological polar surface area (TPSA) is 46.5 Å². The van der Waals surface area contributed by atoms with E-state index in [9.17, 15) is 9.90 Å². The van der Waals surface area contributed by atoms with E-state index in [1.54, 1.807) is 0 Å². The summed E-state index contributed by atoms with van der Waals surface area (Å²) in [6.07, 6.45) is 4.79. The molecule has 1 N–H and O–H groups in total. The lowest BCUT2D eigenvalue weighted by atomic mass is 9.74. The van der Waals surface area contributed by atoms with E-state index in [-0.39, 0.29) is 6.10 Å². The average Bonchev–Trinajstić information content (AvgIpc) is 2.51. The quantitative estimate of drug-likeness (QED) is 0.811. The monoisotopic (exact) mass is 290 g/mol. The standard InChI is InChI=1S/C18H26O3/c1-3-5-11-18(4-2,17(19)20)13-16-15-9-7-6-8-14(15)10-12-21-16/h6-9,16H,3-5,10-13H2,1-2H3,(H,19,20). The summed E-state index contributed by atoms with van der Waals surface area (Å²) in [7, 11) is 0. The Morgan fingerprint density at radius 3 is 2.81 bits per heavy atom. The van der Waals surface area contributed by atoms with E-state index < -0.39 is 11.4 Å². The zero-order chi connectivity index (χ0) is 15.3. The first-order valence-corrected chi connectivity index (χ1v) is 8.05. The van der Waals surface area contributed by atoms with Crippen LogP contribution in [0.3, 0.4) is 0 Å². The summed E-state index contributed by atoms with van der Waals surface area (Å²) < 4.78 is 5.93. The van der Waals surface area contributed by atoms with Crippen LogP contribution in [0.2, 0.25) is 0 Å². The molecule has 0 aliphatic carbocycles. The van der Waals surface area contributed by atoms with Crippen molar-refractivity contribution < 1.29 is 14.6 Å². The first-order valence-electron chi connectivity index (χ1n) is 8.05. The van der Waals surface area contributed by atoms with Crippen LogP contribution in [0.4, 0.5) is 0 Å². The van der Waals surface area contributed by atoms with E-state index in [1.165, 1.54) is 11.1 Å². The number of rotatable bonds is 7. The third kappa shape index (κ3) is 3.46. The zero-order valence-electron chi connectivity index (χ0n) is 13.1. The average molecular weight is 290 g/mol. The van der Waals surface area contributed by atoms with E-state index in [1.807, 2.05) is 19.1 Å². The van der Waals surface area contributed by atoms with Crippen molar-refractivity contribution in [1.29, 1.82) is 0 Å². The van der Waals surface area contributed by atoms with E-state index in [0.717, 1.165) is 25.7 Å². The summed E-state index contributed by atoms with van der Waals surface area (Å²) in [4.78, 5) is 11.9. The maximum absolute atomic E-state index is 11.9. The maximum Gasteiger partial charge on any atom is 0.309 e. The predicted octanol–water partition coefficient (Wildman–Crippen LogP) is 4.36. The van der Waals surface area contributed by atoms with Crippen LogP contribution >= 0.6 is 0 Å². The minimum absolute atomic E-state index is 0.0807. The second-order valence-corrected chi connectivity index (χ2v) is 6.05. The van der Waals surface area contributed by atoms with Crippen LogP contribution in [-0.2, 0) is 16.0 Å². The summed E-state index contributed by atoms with van der Waals surface area (Å²) in [6, 6.07) is 8.27. The number of hydrogen-bond acceptors (Lipinski definition) is 2. The summed E-state index contributed by atoms with van der Waals surface area (Å²) in [5.74, 6) is -0.676. The molecule has 1 aliphatic heterocycles. The maximum atomic E-state index is 11.9. The molecule has 0 radical (unpaired) electrons. The Kier molecular flexibility index (Phi) is 5.40. The van der Waals surface area contributed by atoms with Gasteiger partial charge in [-0.1, -0.05) is 51.0 Å². The van der Waals surface area contributed by atoms with Crippen LogP contribution in [0.25, 0.3) is 0 Å². The number of fused-ring (bicyclic) bond motifs is 1. The van der Waals surface area contributed by atoms with Crippen LogP contribution in [0.1, 0.15) is 63.2 Å². The molecule has 0 amide bonds. The van der Waals surface area contributed by atoms with Crippen LogP contribution in [0.5, 0.6) is 0 Å². The molecule has 0 saturated heterocycles. The summed E-state index contributed by atoms with van der Waals surface area (Å²) >= 11 is 0. The smallest absolute Gasteiger partial charge is 0.309 e. The van der Waals surface area contributed by atoms with Crippen LogP contribution in [0.15, 0.2) is 24.3 Å². The van der Waals surface area contributed by atoms with Gasteiger partial charge in [0.05, 0.1) is 18.1 Å². The van der Waals surface area contributed by atoms with Crippen molar-refractivity contribution in [2.75, 3.05) is 6.61 Å². The second kappa shape index (κ2) is 7.08. The molecule has 0 spiro atoms. The molecule has 1 aromatic rings. The third-order valence-corrected chi connectivity index (χ3v) is 4.81. The van der Waals surface area contributed by atoms with Crippen molar-refractivity contribution >= 4 is 5.97 Å². The fourth-order valence-electron chi connectivity index (χ4n) is 3.28. The fraction of sp³-hybridized carbons (Fsp3) is 0.611. The highest BCUT2D eigenvalue weighted by Gasteiger charge is 2.40. The van der Waals surface area contributed by atoms with Crippen molar-refractivity contribution in [3.63, 3.8) is 0 Å². The van der Waals surface area contributed by atoms with E-state index in [4.69, 9.17) is 4.74 Å². The number of ether oxygens (including phenoxy) is 1. The van der Waals surface area contributed by atoms with Gasteiger partial charge in [0.25, 0.3) is 0 Å². The highest BCUT2D eigenvalue weighted by molar-refractivity contribution is 5.74. The number of carboxylic acids is 1. The van der Waals surface area contributed by atoms with Crippen molar-refractivity contribution in [3.05, 3.63) is 35.4 Å². The largest absolute Gasteiger partial charge is 0.481 e. The molecule has 2 rings (SSSR count). The highest BCUT2D eigenvalue weighted by Crippen LogP contribution is 2.42. The molecule has 1 heterocycles. The van der Waals surface area contributed by atoms with Gasteiger partial charge in [0, 0.05) is 0 Å². The SMILES string of the molecule is CCCCC(CC)(CC1OCCc2ccccc21)C(=O)O. The van der Waals surface area contributed by atoms with Crippen molar-refractivity contribution in [2.24, 2.45) is 5.41 Å². The van der Waals surface area contributed by atoms with Gasteiger partial charge in [-0.15, -0.1) is 0 Å². The summed E-state index contributed by atoms with van der Waals surface area (Å²) in [6.45, 7) is 4.78. The van der Waals surface area contributed by atoms with E-state index in [0.29, 0.717) is 19.4 Å². The number of aliphatic carboxylic acids is 1. The van der Waals surface area contributed by atoms with Gasteiger partial charge >= 0.3 is 5.97 Å². The first kappa shape index (κ1) is 16.0. The van der Waals surface area contributed by atoms with Crippen LogP contribution < -0.4 is 0 Å². The lowest BCUT2D eigenvalue weighted by Crippen LogP contribution is -2.34. The lowest BCUT2D eigenvalue weighted by molar-refractivity contribution is -0.153. The number of carboxylic acid groups (broad SMARTS) is 1. The van der Waals surface area contributed by atoms with Gasteiger partial charge < -0.3 is 9.84 Å². The molecule has 1 aromatic carbocycles. The van der Waals surface area contributed by atoms with Crippen molar-refractivity contribution in [3.8, 4) is 0 Å².